The predicted octanol–water partition coefficient (Wildman–Crippen LogP) is 0.967. The van der Waals surface area contributed by atoms with E-state index in [1.165, 1.54) is 19.3 Å². The molecule has 0 bridgehead atoms. The third kappa shape index (κ3) is 6.23. The lowest BCUT2D eigenvalue weighted by Gasteiger charge is -2.27. The maximum atomic E-state index is 12.4. The van der Waals surface area contributed by atoms with Crippen LogP contribution in [0.5, 0.6) is 0 Å². The second kappa shape index (κ2) is 10.5. The van der Waals surface area contributed by atoms with Gasteiger partial charge in [-0.25, -0.2) is 0 Å². The molecule has 6 nitrogen and oxygen atoms in total. The molecule has 0 aromatic rings. The molecule has 0 radical (unpaired) electrons. The SMILES string of the molecule is NCCCCC(=O)N(CC=O)C(=O)[C@@H](N)CC1CCCCC1. The van der Waals surface area contributed by atoms with Crippen molar-refractivity contribution in [3.8, 4) is 0 Å². The molecule has 1 aliphatic carbocycles. The minimum atomic E-state index is -0.693. The van der Waals surface area contributed by atoms with Crippen molar-refractivity contribution in [1.82, 2.24) is 4.90 Å². The van der Waals surface area contributed by atoms with Crippen molar-refractivity contribution in [1.29, 1.82) is 0 Å². The van der Waals surface area contributed by atoms with Gasteiger partial charge in [-0.2, -0.15) is 0 Å². The third-order valence-electron chi connectivity index (χ3n) is 4.30. The summed E-state index contributed by atoms with van der Waals surface area (Å²) in [6.07, 6.45) is 8.56. The van der Waals surface area contributed by atoms with Crippen molar-refractivity contribution in [3.05, 3.63) is 0 Å². The molecule has 0 heterocycles. The molecule has 126 valence electrons. The summed E-state index contributed by atoms with van der Waals surface area (Å²) in [4.78, 5) is 36.2. The van der Waals surface area contributed by atoms with Crippen LogP contribution in [0.15, 0.2) is 0 Å². The molecule has 1 saturated carbocycles. The van der Waals surface area contributed by atoms with E-state index in [2.05, 4.69) is 0 Å². The first-order valence-electron chi connectivity index (χ1n) is 8.33. The molecule has 1 aliphatic rings. The number of carbonyl (C=O) groups is 3. The Balaban J connectivity index is 2.54. The van der Waals surface area contributed by atoms with E-state index in [4.69, 9.17) is 11.5 Å². The molecule has 2 amide bonds. The van der Waals surface area contributed by atoms with Crippen molar-refractivity contribution in [3.63, 3.8) is 0 Å². The van der Waals surface area contributed by atoms with Gasteiger partial charge in [-0.15, -0.1) is 0 Å². The lowest BCUT2D eigenvalue weighted by atomic mass is 9.84. The molecule has 0 aromatic carbocycles. The van der Waals surface area contributed by atoms with Crippen LogP contribution in [-0.2, 0) is 14.4 Å². The summed E-state index contributed by atoms with van der Waals surface area (Å²) in [5.41, 5.74) is 11.4. The highest BCUT2D eigenvalue weighted by molar-refractivity contribution is 5.99. The van der Waals surface area contributed by atoms with Crippen LogP contribution in [0, 0.1) is 5.92 Å². The number of unbranched alkanes of at least 4 members (excludes halogenated alkanes) is 1. The minimum Gasteiger partial charge on any atom is -0.330 e. The van der Waals surface area contributed by atoms with Crippen molar-refractivity contribution >= 4 is 18.1 Å². The highest BCUT2D eigenvalue weighted by atomic mass is 16.2. The summed E-state index contributed by atoms with van der Waals surface area (Å²) >= 11 is 0. The van der Waals surface area contributed by atoms with E-state index in [0.29, 0.717) is 31.6 Å². The zero-order valence-corrected chi connectivity index (χ0v) is 13.3. The van der Waals surface area contributed by atoms with Crippen LogP contribution in [0.4, 0.5) is 0 Å². The van der Waals surface area contributed by atoms with Gasteiger partial charge in [0, 0.05) is 6.42 Å². The minimum absolute atomic E-state index is 0.210. The molecular weight excluding hydrogens is 282 g/mol. The Morgan fingerprint density at radius 3 is 2.45 bits per heavy atom. The molecule has 6 heteroatoms. The lowest BCUT2D eigenvalue weighted by molar-refractivity contribution is -0.147. The summed E-state index contributed by atoms with van der Waals surface area (Å²) in [5, 5.41) is 0. The lowest BCUT2D eigenvalue weighted by Crippen LogP contribution is -2.48. The number of rotatable bonds is 9. The van der Waals surface area contributed by atoms with Gasteiger partial charge in [0.05, 0.1) is 12.6 Å². The van der Waals surface area contributed by atoms with Crippen LogP contribution in [-0.4, -0.2) is 42.1 Å². The van der Waals surface area contributed by atoms with Crippen LogP contribution < -0.4 is 11.5 Å². The fourth-order valence-corrected chi connectivity index (χ4v) is 3.03. The highest BCUT2D eigenvalue weighted by Crippen LogP contribution is 2.27. The molecule has 0 saturated heterocycles. The first-order valence-corrected chi connectivity index (χ1v) is 8.33. The number of aldehydes is 1. The van der Waals surface area contributed by atoms with Gasteiger partial charge >= 0.3 is 0 Å². The Hall–Kier alpha value is -1.27. The Bertz CT molecular complexity index is 368. The van der Waals surface area contributed by atoms with Crippen LogP contribution in [0.1, 0.15) is 57.8 Å². The van der Waals surface area contributed by atoms with Gasteiger partial charge in [0.15, 0.2) is 0 Å². The average molecular weight is 311 g/mol. The summed E-state index contributed by atoms with van der Waals surface area (Å²) in [6, 6.07) is -0.693. The van der Waals surface area contributed by atoms with Crippen LogP contribution >= 0.6 is 0 Å². The van der Waals surface area contributed by atoms with E-state index >= 15 is 0 Å². The van der Waals surface area contributed by atoms with E-state index < -0.39 is 11.9 Å². The van der Waals surface area contributed by atoms with E-state index in [9.17, 15) is 14.4 Å². The van der Waals surface area contributed by atoms with E-state index in [0.717, 1.165) is 24.2 Å². The third-order valence-corrected chi connectivity index (χ3v) is 4.30. The Morgan fingerprint density at radius 1 is 1.18 bits per heavy atom. The quantitative estimate of drug-likeness (QED) is 0.487. The second-order valence-electron chi connectivity index (χ2n) is 6.10. The first kappa shape index (κ1) is 18.8. The van der Waals surface area contributed by atoms with Crippen LogP contribution in [0.3, 0.4) is 0 Å². The molecule has 22 heavy (non-hydrogen) atoms. The van der Waals surface area contributed by atoms with Gasteiger partial charge in [-0.1, -0.05) is 32.1 Å². The number of hydrogen-bond donors (Lipinski definition) is 2. The topological polar surface area (TPSA) is 106 Å². The van der Waals surface area contributed by atoms with Crippen LogP contribution in [0.2, 0.25) is 0 Å². The predicted molar refractivity (Wildman–Crippen MR) is 84.9 cm³/mol. The number of imide groups is 1. The maximum absolute atomic E-state index is 12.4. The van der Waals surface area contributed by atoms with Crippen LogP contribution in [0.25, 0.3) is 0 Å². The highest BCUT2D eigenvalue weighted by Gasteiger charge is 2.28. The summed E-state index contributed by atoms with van der Waals surface area (Å²) < 4.78 is 0. The van der Waals surface area contributed by atoms with Crippen molar-refractivity contribution in [2.24, 2.45) is 17.4 Å². The summed E-state index contributed by atoms with van der Waals surface area (Å²) in [6.45, 7) is 0.300. The monoisotopic (exact) mass is 311 g/mol. The molecule has 0 unspecified atom stereocenters. The maximum Gasteiger partial charge on any atom is 0.246 e. The number of amides is 2. The molecule has 0 aliphatic heterocycles. The second-order valence-corrected chi connectivity index (χ2v) is 6.10. The average Bonchev–Trinajstić information content (AvgIpc) is 2.53. The van der Waals surface area contributed by atoms with E-state index in [1.54, 1.807) is 0 Å². The van der Waals surface area contributed by atoms with Gasteiger partial charge in [0.2, 0.25) is 11.8 Å². The molecule has 4 N–H and O–H groups in total. The normalized spacial score (nSPS) is 17.0. The smallest absolute Gasteiger partial charge is 0.246 e. The number of nitrogens with zero attached hydrogens (tertiary/aromatic N) is 1. The Morgan fingerprint density at radius 2 is 1.86 bits per heavy atom. The summed E-state index contributed by atoms with van der Waals surface area (Å²) in [7, 11) is 0. The van der Waals surface area contributed by atoms with Gasteiger partial charge in [0.25, 0.3) is 0 Å². The molecule has 1 atom stereocenters. The van der Waals surface area contributed by atoms with Gasteiger partial charge < -0.3 is 16.3 Å². The standard InChI is InChI=1S/C16H29N3O3/c17-9-5-4-8-15(21)19(10-11-20)16(22)14(18)12-13-6-2-1-3-7-13/h11,13-14H,1-10,12,17-18H2/t14-/m0/s1. The fourth-order valence-electron chi connectivity index (χ4n) is 3.03. The van der Waals surface area contributed by atoms with Crippen molar-refractivity contribution < 1.29 is 14.4 Å². The van der Waals surface area contributed by atoms with Gasteiger partial charge in [-0.3, -0.25) is 14.5 Å². The van der Waals surface area contributed by atoms with Gasteiger partial charge in [0.1, 0.15) is 6.29 Å². The molecular formula is C16H29N3O3. The Kier molecular flexibility index (Phi) is 8.92. The molecule has 1 rings (SSSR count). The Labute approximate surface area is 132 Å². The molecule has 1 fully saturated rings. The number of carbonyl (C=O) groups excluding carboxylic acids is 3. The number of nitrogens with two attached hydrogens (primary N) is 2. The van der Waals surface area contributed by atoms with E-state index in [-0.39, 0.29) is 18.9 Å². The van der Waals surface area contributed by atoms with E-state index in [1.807, 2.05) is 0 Å². The van der Waals surface area contributed by atoms with Crippen molar-refractivity contribution in [2.75, 3.05) is 13.1 Å². The van der Waals surface area contributed by atoms with Gasteiger partial charge in [-0.05, 0) is 31.7 Å². The largest absolute Gasteiger partial charge is 0.330 e. The zero-order valence-electron chi connectivity index (χ0n) is 13.3. The fraction of sp³-hybridized carbons (Fsp3) is 0.812. The first-order chi connectivity index (χ1) is 10.6. The van der Waals surface area contributed by atoms with Crippen molar-refractivity contribution in [2.45, 2.75) is 63.8 Å². The zero-order chi connectivity index (χ0) is 16.4. The number of hydrogen-bond acceptors (Lipinski definition) is 5. The summed E-state index contributed by atoms with van der Waals surface area (Å²) in [5.74, 6) is -0.293. The molecule has 0 spiro atoms. The molecule has 0 aromatic heterocycles.